The molecule has 4 atom stereocenters. The number of halogens is 3. The monoisotopic (exact) mass is 471 g/mol. The third-order valence-corrected chi connectivity index (χ3v) is 6.70. The van der Waals surface area contributed by atoms with Gasteiger partial charge in [0.25, 0.3) is 0 Å². The Labute approximate surface area is 194 Å². The number of piperidine rings is 1. The Morgan fingerprint density at radius 2 is 1.91 bits per heavy atom. The molecule has 3 aromatic rings. The second kappa shape index (κ2) is 8.75. The van der Waals surface area contributed by atoms with Crippen LogP contribution in [0.2, 0.25) is 0 Å². The molecule has 0 amide bonds. The van der Waals surface area contributed by atoms with Crippen molar-refractivity contribution >= 4 is 5.82 Å². The molecule has 10 heteroatoms. The van der Waals surface area contributed by atoms with Crippen LogP contribution in [-0.4, -0.2) is 58.5 Å². The van der Waals surface area contributed by atoms with Crippen LogP contribution in [-0.2, 0) is 0 Å². The van der Waals surface area contributed by atoms with Gasteiger partial charge in [0, 0.05) is 42.4 Å². The number of hydrogen-bond donors (Lipinski definition) is 2. The summed E-state index contributed by atoms with van der Waals surface area (Å²) in [5.74, 6) is -1.29. The standard InChI is InChI=1S/C24H24F3N5O2/c1-32(19-7-13-3-4-17(30-13)24(19)27)22-11-28-18(10-29-22)15-8-16(25)14(9-20(15)33)12-5-21(26)31-23(6-12)34-2/h5-6,8-11,13,17,19,24,30,33H,3-4,7H2,1-2H3/t13-,17+,19-,24+/m1/s1. The van der Waals surface area contributed by atoms with E-state index in [2.05, 4.69) is 20.3 Å². The van der Waals surface area contributed by atoms with Crippen LogP contribution >= 0.6 is 0 Å². The van der Waals surface area contributed by atoms with Gasteiger partial charge in [-0.2, -0.15) is 9.37 Å². The van der Waals surface area contributed by atoms with Gasteiger partial charge < -0.3 is 20.1 Å². The van der Waals surface area contributed by atoms with Crippen molar-refractivity contribution in [1.82, 2.24) is 20.3 Å². The van der Waals surface area contributed by atoms with Gasteiger partial charge in [-0.15, -0.1) is 0 Å². The molecule has 7 nitrogen and oxygen atoms in total. The summed E-state index contributed by atoms with van der Waals surface area (Å²) < 4.78 is 48.5. The fourth-order valence-corrected chi connectivity index (χ4v) is 4.88. The number of nitrogens with one attached hydrogen (secondary N) is 1. The molecule has 2 saturated heterocycles. The van der Waals surface area contributed by atoms with Gasteiger partial charge in [-0.1, -0.05) is 0 Å². The first-order valence-electron chi connectivity index (χ1n) is 11.0. The average Bonchev–Trinajstić information content (AvgIpc) is 3.25. The van der Waals surface area contributed by atoms with Crippen molar-refractivity contribution in [3.05, 3.63) is 48.4 Å². The SMILES string of the molecule is COc1cc(-c2cc(O)c(-c3cnc(N(C)[C@@H]4C[C@H]5CC[C@H](N5)[C@@H]4F)cn3)cc2F)cc(F)n1. The quantitative estimate of drug-likeness (QED) is 0.547. The van der Waals surface area contributed by atoms with E-state index in [-0.39, 0.29) is 46.1 Å². The number of fused-ring (bicyclic) bond motifs is 2. The van der Waals surface area contributed by atoms with E-state index in [0.29, 0.717) is 18.3 Å². The summed E-state index contributed by atoms with van der Waals surface area (Å²) in [4.78, 5) is 14.1. The minimum Gasteiger partial charge on any atom is -0.507 e. The summed E-state index contributed by atoms with van der Waals surface area (Å²) >= 11 is 0. The Kier molecular flexibility index (Phi) is 5.76. The van der Waals surface area contributed by atoms with Crippen molar-refractivity contribution in [2.24, 2.45) is 0 Å². The predicted molar refractivity (Wildman–Crippen MR) is 120 cm³/mol. The van der Waals surface area contributed by atoms with E-state index in [1.165, 1.54) is 31.6 Å². The number of benzene rings is 1. The Bertz CT molecular complexity index is 1210. The lowest BCUT2D eigenvalue weighted by atomic mass is 9.96. The molecule has 4 heterocycles. The average molecular weight is 471 g/mol. The summed E-state index contributed by atoms with van der Waals surface area (Å²) in [6, 6.07) is 4.60. The van der Waals surface area contributed by atoms with Crippen LogP contribution < -0.4 is 15.0 Å². The zero-order valence-corrected chi connectivity index (χ0v) is 18.7. The maximum absolute atomic E-state index is 14.9. The molecule has 0 unspecified atom stereocenters. The zero-order chi connectivity index (χ0) is 24.0. The molecule has 2 bridgehead atoms. The highest BCUT2D eigenvalue weighted by Gasteiger charge is 2.43. The first kappa shape index (κ1) is 22.4. The van der Waals surface area contributed by atoms with Gasteiger partial charge in [-0.25, -0.2) is 13.8 Å². The fourth-order valence-electron chi connectivity index (χ4n) is 4.88. The van der Waals surface area contributed by atoms with Gasteiger partial charge in [-0.05, 0) is 37.0 Å². The molecular formula is C24H24F3N5O2. The first-order chi connectivity index (χ1) is 16.3. The van der Waals surface area contributed by atoms with E-state index in [9.17, 15) is 18.3 Å². The molecule has 5 rings (SSSR count). The van der Waals surface area contributed by atoms with E-state index >= 15 is 0 Å². The summed E-state index contributed by atoms with van der Waals surface area (Å²) in [6.45, 7) is 0. The largest absolute Gasteiger partial charge is 0.507 e. The third-order valence-electron chi connectivity index (χ3n) is 6.70. The van der Waals surface area contributed by atoms with Crippen molar-refractivity contribution in [2.45, 2.75) is 43.6 Å². The summed E-state index contributed by atoms with van der Waals surface area (Å²) in [5, 5.41) is 13.9. The Hall–Kier alpha value is -3.40. The number of phenolic OH excluding ortho intramolecular Hbond substituents is 1. The number of alkyl halides is 1. The molecule has 2 aliphatic heterocycles. The van der Waals surface area contributed by atoms with Gasteiger partial charge in [0.2, 0.25) is 11.8 Å². The van der Waals surface area contributed by atoms with Crippen LogP contribution in [0, 0.1) is 11.8 Å². The van der Waals surface area contributed by atoms with E-state index in [4.69, 9.17) is 4.74 Å². The first-order valence-corrected chi connectivity index (χ1v) is 11.0. The van der Waals surface area contributed by atoms with Gasteiger partial charge in [0.15, 0.2) is 0 Å². The normalized spacial score (nSPS) is 23.7. The number of aromatic hydroxyl groups is 1. The molecule has 2 N–H and O–H groups in total. The number of rotatable bonds is 5. The van der Waals surface area contributed by atoms with Crippen LogP contribution in [0.3, 0.4) is 0 Å². The molecule has 2 aromatic heterocycles. The molecule has 0 saturated carbocycles. The van der Waals surface area contributed by atoms with E-state index < -0.39 is 17.9 Å². The van der Waals surface area contributed by atoms with Gasteiger partial charge in [0.05, 0.1) is 31.2 Å². The molecule has 2 fully saturated rings. The number of phenols is 1. The Morgan fingerprint density at radius 3 is 2.65 bits per heavy atom. The van der Waals surface area contributed by atoms with Crippen LogP contribution in [0.4, 0.5) is 19.0 Å². The molecule has 0 radical (unpaired) electrons. The topological polar surface area (TPSA) is 83.4 Å². The Balaban J connectivity index is 1.40. The predicted octanol–water partition coefficient (Wildman–Crippen LogP) is 3.87. The van der Waals surface area contributed by atoms with Crippen molar-refractivity contribution in [2.75, 3.05) is 19.1 Å². The highest BCUT2D eigenvalue weighted by Crippen LogP contribution is 2.37. The third kappa shape index (κ3) is 4.02. The minimum atomic E-state index is -1.01. The maximum Gasteiger partial charge on any atom is 0.216 e. The molecule has 0 spiro atoms. The minimum absolute atomic E-state index is 0.0131. The van der Waals surface area contributed by atoms with Crippen LogP contribution in [0.25, 0.3) is 22.4 Å². The molecule has 0 aliphatic carbocycles. The summed E-state index contributed by atoms with van der Waals surface area (Å²) in [6.07, 6.45) is 4.39. The van der Waals surface area contributed by atoms with E-state index in [0.717, 1.165) is 25.0 Å². The smallest absolute Gasteiger partial charge is 0.216 e. The fraction of sp³-hybridized carbons (Fsp3) is 0.375. The zero-order valence-electron chi connectivity index (χ0n) is 18.7. The van der Waals surface area contributed by atoms with Crippen LogP contribution in [0.15, 0.2) is 36.7 Å². The number of ether oxygens (including phenoxy) is 1. The summed E-state index contributed by atoms with van der Waals surface area (Å²) in [7, 11) is 3.12. The number of aromatic nitrogens is 3. The number of anilines is 1. The van der Waals surface area contributed by atoms with E-state index in [1.54, 1.807) is 11.9 Å². The lowest BCUT2D eigenvalue weighted by Gasteiger charge is -2.38. The molecular weight excluding hydrogens is 447 g/mol. The number of methoxy groups -OCH3 is 1. The number of nitrogens with zero attached hydrogens (tertiary/aromatic N) is 4. The molecule has 178 valence electrons. The lowest BCUT2D eigenvalue weighted by molar-refractivity contribution is 0.176. The van der Waals surface area contributed by atoms with Crippen LogP contribution in [0.1, 0.15) is 19.3 Å². The molecule has 34 heavy (non-hydrogen) atoms. The number of pyridine rings is 1. The molecule has 2 aliphatic rings. The van der Waals surface area contributed by atoms with Gasteiger partial charge >= 0.3 is 0 Å². The van der Waals surface area contributed by atoms with Crippen molar-refractivity contribution < 1.29 is 23.0 Å². The maximum atomic E-state index is 14.9. The second-order valence-corrected chi connectivity index (χ2v) is 8.74. The van der Waals surface area contributed by atoms with Crippen molar-refractivity contribution in [3.8, 4) is 34.0 Å². The molecule has 1 aromatic carbocycles. The van der Waals surface area contributed by atoms with Crippen molar-refractivity contribution in [3.63, 3.8) is 0 Å². The van der Waals surface area contributed by atoms with Crippen molar-refractivity contribution in [1.29, 1.82) is 0 Å². The summed E-state index contributed by atoms with van der Waals surface area (Å²) in [5.41, 5.74) is 0.539. The van der Waals surface area contributed by atoms with Gasteiger partial charge in [-0.3, -0.25) is 4.98 Å². The highest BCUT2D eigenvalue weighted by molar-refractivity contribution is 5.75. The van der Waals surface area contributed by atoms with Gasteiger partial charge in [0.1, 0.15) is 23.6 Å². The Morgan fingerprint density at radius 1 is 1.09 bits per heavy atom. The number of hydrogen-bond acceptors (Lipinski definition) is 7. The van der Waals surface area contributed by atoms with Crippen LogP contribution in [0.5, 0.6) is 11.6 Å². The second-order valence-electron chi connectivity index (χ2n) is 8.74. The van der Waals surface area contributed by atoms with E-state index in [1.807, 2.05) is 0 Å². The highest BCUT2D eigenvalue weighted by atomic mass is 19.1. The lowest BCUT2D eigenvalue weighted by Crippen LogP contribution is -2.55.